The fourth-order valence-electron chi connectivity index (χ4n) is 1.22. The van der Waals surface area contributed by atoms with E-state index in [2.05, 4.69) is 0 Å². The van der Waals surface area contributed by atoms with E-state index in [1.54, 1.807) is 18.4 Å². The zero-order valence-corrected chi connectivity index (χ0v) is 9.90. The van der Waals surface area contributed by atoms with Crippen LogP contribution in [0.25, 0.3) is 0 Å². The van der Waals surface area contributed by atoms with Gasteiger partial charge < -0.3 is 9.30 Å². The van der Waals surface area contributed by atoms with Gasteiger partial charge in [-0.2, -0.15) is 0 Å². The molecule has 0 N–H and O–H groups in total. The number of rotatable bonds is 5. The number of nitrogens with zero attached hydrogens (tertiary/aromatic N) is 1. The zero-order chi connectivity index (χ0) is 12.2. The summed E-state index contributed by atoms with van der Waals surface area (Å²) >= 11 is 0. The molecule has 0 unspecified atom stereocenters. The van der Waals surface area contributed by atoms with Crippen molar-refractivity contribution >= 4 is 11.8 Å². The van der Waals surface area contributed by atoms with Crippen LogP contribution in [-0.4, -0.2) is 22.9 Å². The molecule has 1 aromatic rings. The van der Waals surface area contributed by atoms with Crippen LogP contribution in [0.1, 0.15) is 20.8 Å². The Labute approximate surface area is 95.2 Å². The van der Waals surface area contributed by atoms with Crippen LogP contribution in [0.2, 0.25) is 0 Å². The third-order valence-electron chi connectivity index (χ3n) is 2.38. The Kier molecular flexibility index (Phi) is 3.88. The van der Waals surface area contributed by atoms with Crippen molar-refractivity contribution < 1.29 is 14.3 Å². The lowest BCUT2D eigenvalue weighted by molar-refractivity contribution is -0.146. The molecule has 88 valence electrons. The van der Waals surface area contributed by atoms with Gasteiger partial charge in [-0.1, -0.05) is 0 Å². The molecule has 1 aromatic heterocycles. The maximum atomic E-state index is 11.9. The molecule has 0 bridgehead atoms. The Morgan fingerprint density at radius 2 is 1.81 bits per heavy atom. The highest BCUT2D eigenvalue weighted by Gasteiger charge is 2.28. The third-order valence-corrected chi connectivity index (χ3v) is 2.38. The van der Waals surface area contributed by atoms with E-state index < -0.39 is 5.41 Å². The molecule has 4 nitrogen and oxygen atoms in total. The lowest BCUT2D eigenvalue weighted by atomic mass is 9.89. The molecular weight excluding hydrogens is 206 g/mol. The van der Waals surface area contributed by atoms with Gasteiger partial charge in [0.05, 0.1) is 12.0 Å². The lowest BCUT2D eigenvalue weighted by Gasteiger charge is -2.22. The first-order valence-corrected chi connectivity index (χ1v) is 5.19. The second kappa shape index (κ2) is 4.96. The summed E-state index contributed by atoms with van der Waals surface area (Å²) in [5.41, 5.74) is -0.643. The maximum absolute atomic E-state index is 11.9. The van der Waals surface area contributed by atoms with Crippen molar-refractivity contribution in [2.24, 2.45) is 5.41 Å². The van der Waals surface area contributed by atoms with Gasteiger partial charge in [0, 0.05) is 19.3 Å². The minimum atomic E-state index is -0.643. The van der Waals surface area contributed by atoms with Crippen LogP contribution >= 0.6 is 0 Å². The quantitative estimate of drug-likeness (QED) is 0.713. The van der Waals surface area contributed by atoms with Gasteiger partial charge in [0.2, 0.25) is 0 Å². The number of Topliss-reactive ketones (excluding diaryl/α,β-unsaturated/α-hetero) is 1. The van der Waals surface area contributed by atoms with Crippen molar-refractivity contribution in [1.82, 2.24) is 4.57 Å². The van der Waals surface area contributed by atoms with Crippen LogP contribution in [0.5, 0.6) is 0 Å². The molecule has 1 heterocycles. The Bertz CT molecular complexity index is 366. The monoisotopic (exact) mass is 223 g/mol. The molecule has 1 rings (SSSR count). The predicted octanol–water partition coefficient (Wildman–Crippen LogP) is 1.65. The van der Waals surface area contributed by atoms with E-state index in [9.17, 15) is 9.59 Å². The fraction of sp³-hybridized carbons (Fsp3) is 0.500. The summed E-state index contributed by atoms with van der Waals surface area (Å²) in [4.78, 5) is 22.6. The van der Waals surface area contributed by atoms with Crippen LogP contribution in [0.3, 0.4) is 0 Å². The van der Waals surface area contributed by atoms with Gasteiger partial charge in [0.25, 0.3) is 0 Å². The highest BCUT2D eigenvalue weighted by molar-refractivity contribution is 5.84. The molecule has 0 amide bonds. The van der Waals surface area contributed by atoms with Gasteiger partial charge in [-0.25, -0.2) is 0 Å². The summed E-state index contributed by atoms with van der Waals surface area (Å²) in [7, 11) is 0. The smallest absolute Gasteiger partial charge is 0.302 e. The Morgan fingerprint density at radius 3 is 2.31 bits per heavy atom. The molecule has 0 aliphatic heterocycles. The number of hydrogen-bond acceptors (Lipinski definition) is 3. The summed E-state index contributed by atoms with van der Waals surface area (Å²) < 4.78 is 6.68. The molecule has 0 aliphatic rings. The fourth-order valence-corrected chi connectivity index (χ4v) is 1.22. The first-order chi connectivity index (χ1) is 7.42. The molecule has 0 saturated heterocycles. The number of aromatic nitrogens is 1. The van der Waals surface area contributed by atoms with Gasteiger partial charge in [0.15, 0.2) is 5.78 Å². The molecule has 0 aromatic carbocycles. The Morgan fingerprint density at radius 1 is 1.25 bits per heavy atom. The third kappa shape index (κ3) is 3.53. The molecule has 0 saturated carbocycles. The van der Waals surface area contributed by atoms with Gasteiger partial charge in [-0.3, -0.25) is 9.59 Å². The van der Waals surface area contributed by atoms with Crippen molar-refractivity contribution in [3.05, 3.63) is 24.5 Å². The number of ether oxygens (including phenoxy) is 1. The van der Waals surface area contributed by atoms with E-state index in [1.807, 2.05) is 24.5 Å². The minimum absolute atomic E-state index is 0.0463. The number of hydrogen-bond donors (Lipinski definition) is 0. The Balaban J connectivity index is 2.54. The van der Waals surface area contributed by atoms with Gasteiger partial charge in [-0.05, 0) is 26.0 Å². The van der Waals surface area contributed by atoms with Crippen molar-refractivity contribution in [2.45, 2.75) is 27.3 Å². The van der Waals surface area contributed by atoms with Crippen molar-refractivity contribution in [1.29, 1.82) is 0 Å². The predicted molar refractivity (Wildman–Crippen MR) is 59.9 cm³/mol. The van der Waals surface area contributed by atoms with E-state index >= 15 is 0 Å². The standard InChI is InChI=1S/C12H17NO3/c1-10(14)16-9-12(2,3)11(15)8-13-6-4-5-7-13/h4-7H,8-9H2,1-3H3. The normalized spacial score (nSPS) is 11.2. The Hall–Kier alpha value is -1.58. The summed E-state index contributed by atoms with van der Waals surface area (Å²) in [6.45, 7) is 5.33. The van der Waals surface area contributed by atoms with E-state index in [-0.39, 0.29) is 18.4 Å². The van der Waals surface area contributed by atoms with Crippen molar-refractivity contribution in [3.8, 4) is 0 Å². The average Bonchev–Trinajstić information content (AvgIpc) is 2.67. The number of carbonyl (C=O) groups is 2. The summed E-state index contributed by atoms with van der Waals surface area (Å²) in [5.74, 6) is -0.313. The second-order valence-electron chi connectivity index (χ2n) is 4.44. The van der Waals surface area contributed by atoms with E-state index in [1.165, 1.54) is 6.92 Å². The molecule has 0 radical (unpaired) electrons. The minimum Gasteiger partial charge on any atom is -0.465 e. The maximum Gasteiger partial charge on any atom is 0.302 e. The average molecular weight is 223 g/mol. The first kappa shape index (κ1) is 12.5. The van der Waals surface area contributed by atoms with Crippen LogP contribution in [-0.2, 0) is 20.9 Å². The van der Waals surface area contributed by atoms with Crippen LogP contribution in [0.15, 0.2) is 24.5 Å². The molecular formula is C12H17NO3. The van der Waals surface area contributed by atoms with Crippen LogP contribution < -0.4 is 0 Å². The van der Waals surface area contributed by atoms with Crippen LogP contribution in [0.4, 0.5) is 0 Å². The largest absolute Gasteiger partial charge is 0.465 e. The molecule has 4 heteroatoms. The summed E-state index contributed by atoms with van der Waals surface area (Å²) in [6, 6.07) is 3.73. The number of carbonyl (C=O) groups excluding carboxylic acids is 2. The zero-order valence-electron chi connectivity index (χ0n) is 9.90. The topological polar surface area (TPSA) is 48.3 Å². The second-order valence-corrected chi connectivity index (χ2v) is 4.44. The number of ketones is 1. The highest BCUT2D eigenvalue weighted by atomic mass is 16.5. The lowest BCUT2D eigenvalue weighted by Crippen LogP contribution is -2.33. The van der Waals surface area contributed by atoms with Gasteiger partial charge >= 0.3 is 5.97 Å². The summed E-state index contributed by atoms with van der Waals surface area (Å²) in [6.07, 6.45) is 3.67. The van der Waals surface area contributed by atoms with Crippen molar-refractivity contribution in [3.63, 3.8) is 0 Å². The first-order valence-electron chi connectivity index (χ1n) is 5.19. The molecule has 16 heavy (non-hydrogen) atoms. The molecule has 0 aliphatic carbocycles. The van der Waals surface area contributed by atoms with E-state index in [4.69, 9.17) is 4.74 Å². The van der Waals surface area contributed by atoms with Gasteiger partial charge in [-0.15, -0.1) is 0 Å². The SMILES string of the molecule is CC(=O)OCC(C)(C)C(=O)Cn1cccc1. The van der Waals surface area contributed by atoms with Crippen LogP contribution in [0, 0.1) is 5.41 Å². The summed E-state index contributed by atoms with van der Waals surface area (Å²) in [5, 5.41) is 0. The molecule has 0 fully saturated rings. The van der Waals surface area contributed by atoms with E-state index in [0.717, 1.165) is 0 Å². The molecule has 0 atom stereocenters. The number of esters is 1. The highest BCUT2D eigenvalue weighted by Crippen LogP contribution is 2.18. The van der Waals surface area contributed by atoms with E-state index in [0.29, 0.717) is 6.54 Å². The van der Waals surface area contributed by atoms with Gasteiger partial charge in [0.1, 0.15) is 6.61 Å². The molecule has 0 spiro atoms. The van der Waals surface area contributed by atoms with Crippen molar-refractivity contribution in [2.75, 3.05) is 6.61 Å².